The maximum absolute atomic E-state index is 14.6. The third-order valence-corrected chi connectivity index (χ3v) is 10.6. The average molecular weight is 924 g/mol. The van der Waals surface area contributed by atoms with E-state index in [1.165, 1.54) is 26.0 Å². The van der Waals surface area contributed by atoms with Crippen molar-refractivity contribution in [2.45, 2.75) is 69.0 Å². The highest BCUT2D eigenvalue weighted by Gasteiger charge is 2.39. The van der Waals surface area contributed by atoms with Crippen molar-refractivity contribution in [1.29, 1.82) is 0 Å². The number of carbonyl (C=O) groups excluding carboxylic acids is 7. The van der Waals surface area contributed by atoms with Crippen LogP contribution in [-0.2, 0) is 46.3 Å². The zero-order valence-corrected chi connectivity index (χ0v) is 36.0. The number of phenols is 4. The number of amides is 6. The Morgan fingerprint density at radius 3 is 1.76 bits per heavy atom. The van der Waals surface area contributed by atoms with E-state index < -0.39 is 107 Å². The zero-order chi connectivity index (χ0) is 47.7. The monoisotopic (exact) mass is 923 g/mol. The number of aromatic hydroxyl groups is 4. The van der Waals surface area contributed by atoms with Crippen molar-refractivity contribution in [3.8, 4) is 23.0 Å². The molecule has 20 heteroatoms. The molecule has 1 aromatic heterocycles. The van der Waals surface area contributed by atoms with Gasteiger partial charge in [-0.2, -0.15) is 0 Å². The van der Waals surface area contributed by atoms with Gasteiger partial charge in [0.1, 0.15) is 70.2 Å². The fourth-order valence-electron chi connectivity index (χ4n) is 7.11. The molecule has 5 aromatic rings. The number of H-pyrrole nitrogens is 1. The van der Waals surface area contributed by atoms with Gasteiger partial charge in [0.05, 0.1) is 0 Å². The minimum absolute atomic E-state index is 0.0162. The number of hydrogen-bond acceptors (Lipinski definition) is 12. The summed E-state index contributed by atoms with van der Waals surface area (Å²) in [5.74, 6) is -9.11. The molecular weight excluding hydrogens is 878 g/mol. The molecule has 4 aromatic carbocycles. The van der Waals surface area contributed by atoms with E-state index >= 15 is 0 Å². The molecule has 11 N–H and O–H groups in total. The maximum atomic E-state index is 14.6. The van der Waals surface area contributed by atoms with Crippen LogP contribution in [0.5, 0.6) is 23.0 Å². The summed E-state index contributed by atoms with van der Waals surface area (Å²) in [6.45, 7) is 2.53. The van der Waals surface area contributed by atoms with Crippen LogP contribution in [0.4, 0.5) is 0 Å². The Labute approximate surface area is 381 Å². The van der Waals surface area contributed by atoms with E-state index in [4.69, 9.17) is 16.3 Å². The van der Waals surface area contributed by atoms with Crippen LogP contribution >= 0.6 is 11.6 Å². The standard InChI is InChI=1S/C46H46ClN7O12/c1-23-40(59)53-38(27-17-29(55)21-30(56)18-27)45(64)54-39(28-19-31(57)22-32(58)20-28)46(65)66-24(2)37(44(63)51-34(42(61)48-23)15-25-9-5-3-6-10-25)52-43(62)35(16-26-11-7-4-8-12-26)50-41(60)33-13-14-36(47)49-33/h3-14,17-24,34-35,37-39,49,55-58H,15-16H2,1-2H3,(H,48,61)(H,50,60)(H,51,63)(H,52,62)(H,53,59)(H,54,64)/t23-,24-,34?,35+,37-,38-,39+/m1/s1. The first-order valence-corrected chi connectivity index (χ1v) is 20.8. The van der Waals surface area contributed by atoms with Gasteiger partial charge in [-0.05, 0) is 72.5 Å². The lowest BCUT2D eigenvalue weighted by Crippen LogP contribution is -2.62. The normalized spacial score (nSPS) is 21.2. The molecule has 1 fully saturated rings. The molecule has 0 radical (unpaired) electrons. The van der Waals surface area contributed by atoms with Gasteiger partial charge in [0.15, 0.2) is 6.04 Å². The van der Waals surface area contributed by atoms with E-state index in [-0.39, 0.29) is 34.8 Å². The number of aromatic amines is 1. The summed E-state index contributed by atoms with van der Waals surface area (Å²) in [4.78, 5) is 102. The molecule has 6 amide bonds. The lowest BCUT2D eigenvalue weighted by atomic mass is 10.0. The van der Waals surface area contributed by atoms with E-state index in [0.29, 0.717) is 11.1 Å². The van der Waals surface area contributed by atoms with Crippen LogP contribution in [-0.4, -0.2) is 97.1 Å². The molecule has 2 heterocycles. The SMILES string of the molecule is C[C@H]1NC(=O)C(Cc2ccccc2)NC(=O)[C@H](NC(=O)[C@H](Cc2ccccc2)NC(=O)c2ccc(Cl)[nH]2)[C@@H](C)OC(=O)[C@H](c2cc(O)cc(O)c2)NC(=O)[C@@H](c2cc(O)cc(O)c2)NC1=O. The van der Waals surface area contributed by atoms with Gasteiger partial charge in [-0.3, -0.25) is 28.8 Å². The van der Waals surface area contributed by atoms with Gasteiger partial charge >= 0.3 is 5.97 Å². The molecule has 0 aliphatic carbocycles. The first kappa shape index (κ1) is 47.4. The van der Waals surface area contributed by atoms with Crippen molar-refractivity contribution in [2.24, 2.45) is 0 Å². The van der Waals surface area contributed by atoms with Crippen LogP contribution in [0.15, 0.2) is 109 Å². The van der Waals surface area contributed by atoms with Crippen molar-refractivity contribution in [3.05, 3.63) is 142 Å². The Kier molecular flexibility index (Phi) is 15.1. The second-order valence-electron chi connectivity index (χ2n) is 15.5. The Hall–Kier alpha value is -8.06. The summed E-state index contributed by atoms with van der Waals surface area (Å²) in [6.07, 6.45) is -1.89. The largest absolute Gasteiger partial charge is 0.508 e. The summed E-state index contributed by atoms with van der Waals surface area (Å²) >= 11 is 6.01. The average Bonchev–Trinajstić information content (AvgIpc) is 3.71. The van der Waals surface area contributed by atoms with Crippen LogP contribution in [0.1, 0.15) is 58.7 Å². The summed E-state index contributed by atoms with van der Waals surface area (Å²) in [6, 6.07) is 16.2. The third kappa shape index (κ3) is 12.3. The number of halogens is 1. The summed E-state index contributed by atoms with van der Waals surface area (Å²) < 4.78 is 5.81. The molecule has 0 spiro atoms. The van der Waals surface area contributed by atoms with E-state index in [0.717, 1.165) is 36.4 Å². The highest BCUT2D eigenvalue weighted by Crippen LogP contribution is 2.29. The lowest BCUT2D eigenvalue weighted by molar-refractivity contribution is -0.156. The first-order chi connectivity index (χ1) is 31.4. The summed E-state index contributed by atoms with van der Waals surface area (Å²) in [7, 11) is 0. The number of phenolic OH excluding ortho intramolecular Hbond substituents is 4. The Morgan fingerprint density at radius 1 is 0.652 bits per heavy atom. The van der Waals surface area contributed by atoms with Crippen LogP contribution in [0.2, 0.25) is 5.15 Å². The minimum Gasteiger partial charge on any atom is -0.508 e. The summed E-state index contributed by atoms with van der Waals surface area (Å²) in [5.41, 5.74) is 0.770. The summed E-state index contributed by atoms with van der Waals surface area (Å²) in [5, 5.41) is 56.9. The second kappa shape index (κ2) is 21.1. The van der Waals surface area contributed by atoms with Gasteiger partial charge in [-0.25, -0.2) is 4.79 Å². The molecule has 1 aliphatic heterocycles. The van der Waals surface area contributed by atoms with E-state index in [1.54, 1.807) is 60.7 Å². The van der Waals surface area contributed by atoms with Crippen LogP contribution < -0.4 is 31.9 Å². The predicted octanol–water partition coefficient (Wildman–Crippen LogP) is 2.21. The quantitative estimate of drug-likeness (QED) is 0.0900. The van der Waals surface area contributed by atoms with Gasteiger partial charge in [0.25, 0.3) is 5.91 Å². The van der Waals surface area contributed by atoms with Gasteiger partial charge in [0, 0.05) is 25.0 Å². The lowest BCUT2D eigenvalue weighted by Gasteiger charge is -2.31. The van der Waals surface area contributed by atoms with Crippen LogP contribution in [0.3, 0.4) is 0 Å². The fraction of sp³-hybridized carbons (Fsp3) is 0.239. The van der Waals surface area contributed by atoms with Gasteiger partial charge in [-0.1, -0.05) is 72.3 Å². The van der Waals surface area contributed by atoms with Crippen LogP contribution in [0.25, 0.3) is 0 Å². The molecule has 19 nitrogen and oxygen atoms in total. The molecule has 0 bridgehead atoms. The smallest absolute Gasteiger partial charge is 0.333 e. The predicted molar refractivity (Wildman–Crippen MR) is 236 cm³/mol. The number of carbonyl (C=O) groups is 7. The third-order valence-electron chi connectivity index (χ3n) is 10.4. The molecule has 1 saturated heterocycles. The van der Waals surface area contributed by atoms with Gasteiger partial charge in [-0.15, -0.1) is 0 Å². The van der Waals surface area contributed by atoms with E-state index in [1.807, 2.05) is 0 Å². The van der Waals surface area contributed by atoms with Crippen LogP contribution in [0, 0.1) is 0 Å². The molecule has 66 heavy (non-hydrogen) atoms. The molecular formula is C46H46ClN7O12. The first-order valence-electron chi connectivity index (χ1n) is 20.5. The molecule has 0 saturated carbocycles. The number of cyclic esters (lactones) is 1. The van der Waals surface area contributed by atoms with Gasteiger partial charge < -0.3 is 62.0 Å². The number of ether oxygens (including phenoxy) is 1. The van der Waals surface area contributed by atoms with Crippen molar-refractivity contribution in [3.63, 3.8) is 0 Å². The number of benzene rings is 4. The second-order valence-corrected chi connectivity index (χ2v) is 15.9. The Morgan fingerprint density at radius 2 is 1.20 bits per heavy atom. The topological polar surface area (TPSA) is 298 Å². The zero-order valence-electron chi connectivity index (χ0n) is 35.3. The molecule has 7 atom stereocenters. The maximum Gasteiger partial charge on any atom is 0.333 e. The highest BCUT2D eigenvalue weighted by atomic mass is 35.5. The number of hydrogen-bond donors (Lipinski definition) is 11. The van der Waals surface area contributed by atoms with E-state index in [2.05, 4.69) is 36.9 Å². The molecule has 1 aliphatic rings. The number of rotatable bonds is 10. The van der Waals surface area contributed by atoms with Gasteiger partial charge in [0.2, 0.25) is 29.5 Å². The van der Waals surface area contributed by atoms with E-state index in [9.17, 15) is 54.0 Å². The number of nitrogens with one attached hydrogen (secondary N) is 7. The minimum atomic E-state index is -1.92. The van der Waals surface area contributed by atoms with Crippen molar-refractivity contribution >= 4 is 53.0 Å². The molecule has 6 rings (SSSR count). The van der Waals surface area contributed by atoms with Crippen molar-refractivity contribution in [1.82, 2.24) is 36.9 Å². The number of aromatic nitrogens is 1. The Balaban J connectivity index is 1.43. The molecule has 1 unspecified atom stereocenters. The number of esters is 1. The molecule has 344 valence electrons. The fourth-order valence-corrected chi connectivity index (χ4v) is 7.27. The Bertz CT molecular complexity index is 2570. The van der Waals surface area contributed by atoms with Crippen molar-refractivity contribution < 1.29 is 58.7 Å². The highest BCUT2D eigenvalue weighted by molar-refractivity contribution is 6.29. The van der Waals surface area contributed by atoms with Crippen molar-refractivity contribution in [2.75, 3.05) is 0 Å².